The maximum Gasteiger partial charge on any atom is 0.407 e. The molecule has 0 spiro atoms. The second kappa shape index (κ2) is 13.5. The molecule has 2 aromatic carbocycles. The van der Waals surface area contributed by atoms with Crippen molar-refractivity contribution in [1.29, 1.82) is 10.8 Å². The Balaban J connectivity index is 1.48. The number of carbonyl (C=O) groups excluding carboxylic acids is 2. The lowest BCUT2D eigenvalue weighted by atomic mass is 10.1. The molecule has 1 aliphatic rings. The fraction of sp³-hybridized carbons (Fsp3) is 0.429. The lowest BCUT2D eigenvalue weighted by molar-refractivity contribution is 0.0446. The first-order valence-corrected chi connectivity index (χ1v) is 12.9. The summed E-state index contributed by atoms with van der Waals surface area (Å²) in [5.74, 6) is 0.534. The van der Waals surface area contributed by atoms with Gasteiger partial charge in [-0.1, -0.05) is 12.1 Å². The third kappa shape index (κ3) is 9.20. The number of carbonyl (C=O) groups is 2. The first kappa shape index (κ1) is 29.3. The second-order valence-corrected chi connectivity index (χ2v) is 9.96. The first-order chi connectivity index (χ1) is 18.5. The molecule has 39 heavy (non-hydrogen) atoms. The number of amidine groups is 2. The van der Waals surface area contributed by atoms with Gasteiger partial charge in [0.1, 0.15) is 37.1 Å². The molecule has 0 bridgehead atoms. The average Bonchev–Trinajstić information content (AvgIpc) is 3.43. The van der Waals surface area contributed by atoms with Crippen LogP contribution in [-0.4, -0.2) is 73.7 Å². The molecule has 0 unspecified atom stereocenters. The van der Waals surface area contributed by atoms with Crippen LogP contribution in [0.4, 0.5) is 4.79 Å². The number of benzene rings is 2. The van der Waals surface area contributed by atoms with Crippen molar-refractivity contribution in [3.8, 4) is 11.5 Å². The minimum atomic E-state index is -0.598. The summed E-state index contributed by atoms with van der Waals surface area (Å²) in [7, 11) is 0. The molecule has 11 nitrogen and oxygen atoms in total. The minimum absolute atomic E-state index is 0.0197. The van der Waals surface area contributed by atoms with Crippen molar-refractivity contribution in [3.05, 3.63) is 59.2 Å². The Labute approximate surface area is 228 Å². The number of nitrogen functional groups attached to an aromatic ring is 1. The summed E-state index contributed by atoms with van der Waals surface area (Å²) in [6, 6.07) is 11.6. The van der Waals surface area contributed by atoms with Crippen molar-refractivity contribution in [1.82, 2.24) is 10.2 Å². The Hall–Kier alpha value is -4.28. The van der Waals surface area contributed by atoms with Crippen molar-refractivity contribution in [2.75, 3.05) is 39.5 Å². The van der Waals surface area contributed by atoms with E-state index in [9.17, 15) is 9.59 Å². The number of hydrogen-bond donors (Lipinski definition) is 4. The van der Waals surface area contributed by atoms with Crippen molar-refractivity contribution in [2.45, 2.75) is 39.2 Å². The van der Waals surface area contributed by atoms with E-state index in [1.807, 2.05) is 4.90 Å². The Morgan fingerprint density at radius 2 is 1.51 bits per heavy atom. The van der Waals surface area contributed by atoms with Crippen LogP contribution in [0.3, 0.4) is 0 Å². The number of likely N-dealkylation sites (tertiary alicyclic amines) is 1. The monoisotopic (exact) mass is 539 g/mol. The number of amides is 1. The standard InChI is InChI=1S/C28H37N5O6/c1-28(2,3)39-27(35)32-12-15-36-22-11-10-21(24(29)30)18-23(22)37-16-17-38-26(34)20-8-6-19(7-9-20)25(31)33-13-4-5-14-33/h6-11,18,31H,4-5,12-17H2,1-3H3,(H3,29,30)(H,32,35). The van der Waals surface area contributed by atoms with Gasteiger partial charge in [0.25, 0.3) is 0 Å². The number of nitrogens with two attached hydrogens (primary N) is 1. The number of ether oxygens (including phenoxy) is 4. The second-order valence-electron chi connectivity index (χ2n) is 9.96. The van der Waals surface area contributed by atoms with Gasteiger partial charge in [-0.05, 0) is 63.9 Å². The largest absolute Gasteiger partial charge is 0.488 e. The molecule has 210 valence electrons. The Morgan fingerprint density at radius 1 is 0.897 bits per heavy atom. The molecule has 0 saturated carbocycles. The van der Waals surface area contributed by atoms with Crippen LogP contribution >= 0.6 is 0 Å². The van der Waals surface area contributed by atoms with Gasteiger partial charge in [-0.2, -0.15) is 0 Å². The zero-order valence-corrected chi connectivity index (χ0v) is 22.7. The van der Waals surface area contributed by atoms with E-state index < -0.39 is 17.7 Å². The van der Waals surface area contributed by atoms with E-state index in [0.29, 0.717) is 28.5 Å². The lowest BCUT2D eigenvalue weighted by Gasteiger charge is -2.20. The normalized spacial score (nSPS) is 12.9. The quantitative estimate of drug-likeness (QED) is 0.146. The van der Waals surface area contributed by atoms with E-state index >= 15 is 0 Å². The predicted molar refractivity (Wildman–Crippen MR) is 147 cm³/mol. The summed E-state index contributed by atoms with van der Waals surface area (Å²) >= 11 is 0. The van der Waals surface area contributed by atoms with Crippen LogP contribution in [0.15, 0.2) is 42.5 Å². The van der Waals surface area contributed by atoms with Gasteiger partial charge < -0.3 is 34.9 Å². The molecule has 2 aromatic rings. The van der Waals surface area contributed by atoms with Gasteiger partial charge in [0.2, 0.25) is 0 Å². The number of rotatable bonds is 11. The van der Waals surface area contributed by atoms with E-state index in [1.165, 1.54) is 0 Å². The molecule has 1 aliphatic heterocycles. The van der Waals surface area contributed by atoms with Crippen LogP contribution in [0.25, 0.3) is 0 Å². The topological polar surface area (TPSA) is 160 Å². The maximum absolute atomic E-state index is 12.5. The molecular weight excluding hydrogens is 502 g/mol. The van der Waals surface area contributed by atoms with Crippen LogP contribution in [0, 0.1) is 10.8 Å². The molecule has 1 saturated heterocycles. The van der Waals surface area contributed by atoms with Gasteiger partial charge in [0, 0.05) is 24.2 Å². The van der Waals surface area contributed by atoms with Crippen molar-refractivity contribution in [3.63, 3.8) is 0 Å². The van der Waals surface area contributed by atoms with Crippen LogP contribution in [-0.2, 0) is 9.47 Å². The van der Waals surface area contributed by atoms with Gasteiger partial charge in [-0.15, -0.1) is 0 Å². The van der Waals surface area contributed by atoms with E-state index in [-0.39, 0.29) is 32.2 Å². The van der Waals surface area contributed by atoms with E-state index in [0.717, 1.165) is 31.5 Å². The van der Waals surface area contributed by atoms with Crippen LogP contribution in [0.2, 0.25) is 0 Å². The minimum Gasteiger partial charge on any atom is -0.488 e. The number of nitrogens with one attached hydrogen (secondary N) is 3. The van der Waals surface area contributed by atoms with Gasteiger partial charge >= 0.3 is 12.1 Å². The molecule has 0 radical (unpaired) electrons. The zero-order chi connectivity index (χ0) is 28.4. The molecule has 0 aromatic heterocycles. The molecular formula is C28H37N5O6. The summed E-state index contributed by atoms with van der Waals surface area (Å²) in [6.07, 6.45) is 1.63. The highest BCUT2D eigenvalue weighted by molar-refractivity contribution is 5.98. The number of nitrogens with zero attached hydrogens (tertiary/aromatic N) is 1. The molecule has 3 rings (SSSR count). The average molecular weight is 540 g/mol. The Morgan fingerprint density at radius 3 is 2.15 bits per heavy atom. The van der Waals surface area contributed by atoms with Gasteiger partial charge in [-0.25, -0.2) is 9.59 Å². The Kier molecular flexibility index (Phi) is 10.1. The maximum atomic E-state index is 12.5. The molecule has 0 atom stereocenters. The fourth-order valence-corrected chi connectivity index (χ4v) is 3.79. The van der Waals surface area contributed by atoms with Crippen molar-refractivity contribution >= 4 is 23.7 Å². The fourth-order valence-electron chi connectivity index (χ4n) is 3.79. The van der Waals surface area contributed by atoms with Crippen molar-refractivity contribution < 1.29 is 28.5 Å². The van der Waals surface area contributed by atoms with Crippen molar-refractivity contribution in [2.24, 2.45) is 5.73 Å². The third-order valence-corrected chi connectivity index (χ3v) is 5.67. The number of alkyl carbamates (subject to hydrolysis) is 1. The van der Waals surface area contributed by atoms with Gasteiger partial charge in [-0.3, -0.25) is 10.8 Å². The molecule has 11 heteroatoms. The highest BCUT2D eigenvalue weighted by Crippen LogP contribution is 2.28. The smallest absolute Gasteiger partial charge is 0.407 e. The van der Waals surface area contributed by atoms with E-state index in [1.54, 1.807) is 63.2 Å². The van der Waals surface area contributed by atoms with Crippen LogP contribution < -0.4 is 20.5 Å². The third-order valence-electron chi connectivity index (χ3n) is 5.67. The molecule has 1 amide bonds. The Bertz CT molecular complexity index is 1170. The lowest BCUT2D eigenvalue weighted by Crippen LogP contribution is -2.34. The zero-order valence-electron chi connectivity index (χ0n) is 22.7. The van der Waals surface area contributed by atoms with Gasteiger partial charge in [0.15, 0.2) is 11.5 Å². The SMILES string of the molecule is CC(C)(C)OC(=O)NCCOc1ccc(C(=N)N)cc1OCCOC(=O)c1ccc(C(=N)N2CCCC2)cc1. The van der Waals surface area contributed by atoms with Crippen LogP contribution in [0.1, 0.15) is 55.1 Å². The van der Waals surface area contributed by atoms with E-state index in [2.05, 4.69) is 5.32 Å². The molecule has 0 aliphatic carbocycles. The molecule has 1 fully saturated rings. The van der Waals surface area contributed by atoms with E-state index in [4.69, 9.17) is 35.5 Å². The highest BCUT2D eigenvalue weighted by atomic mass is 16.6. The first-order valence-electron chi connectivity index (χ1n) is 12.9. The number of esters is 1. The molecule has 5 N–H and O–H groups in total. The summed E-state index contributed by atoms with van der Waals surface area (Å²) < 4.78 is 22.0. The highest BCUT2D eigenvalue weighted by Gasteiger charge is 2.18. The molecule has 1 heterocycles. The summed E-state index contributed by atoms with van der Waals surface area (Å²) in [4.78, 5) is 26.3. The summed E-state index contributed by atoms with van der Waals surface area (Å²) in [5.41, 5.74) is 6.59. The van der Waals surface area contributed by atoms with Gasteiger partial charge in [0.05, 0.1) is 12.1 Å². The summed E-state index contributed by atoms with van der Waals surface area (Å²) in [5, 5.41) is 18.6. The predicted octanol–water partition coefficient (Wildman–Crippen LogP) is 3.53. The summed E-state index contributed by atoms with van der Waals surface area (Å²) in [6.45, 7) is 7.47. The van der Waals surface area contributed by atoms with Crippen LogP contribution in [0.5, 0.6) is 11.5 Å². The number of hydrogen-bond acceptors (Lipinski definition) is 8.